The van der Waals surface area contributed by atoms with Crippen LogP contribution in [0.5, 0.6) is 0 Å². The van der Waals surface area contributed by atoms with E-state index in [1.807, 2.05) is 46.4 Å². The molecule has 1 heterocycles. The molecule has 0 aliphatic carbocycles. The van der Waals surface area contributed by atoms with Crippen LogP contribution in [0.3, 0.4) is 0 Å². The molecule has 0 bridgehead atoms. The average molecular weight is 375 g/mol. The third-order valence-electron chi connectivity index (χ3n) is 4.66. The number of hydrogen-bond acceptors (Lipinski definition) is 4. The Balaban J connectivity index is 2.54. The summed E-state index contributed by atoms with van der Waals surface area (Å²) in [5, 5.41) is 4.27. The Morgan fingerprint density at radius 2 is 1.70 bits per heavy atom. The fourth-order valence-corrected chi connectivity index (χ4v) is 3.05. The maximum atomic E-state index is 13.4. The van der Waals surface area contributed by atoms with Gasteiger partial charge in [0.2, 0.25) is 11.8 Å². The van der Waals surface area contributed by atoms with Gasteiger partial charge >= 0.3 is 0 Å². The first kappa shape index (κ1) is 20.9. The molecular weight excluding hydrogens is 345 g/mol. The number of aromatic nitrogens is 1. The van der Waals surface area contributed by atoms with Crippen LogP contribution >= 0.6 is 0 Å². The third kappa shape index (κ3) is 4.67. The lowest BCUT2D eigenvalue weighted by Gasteiger charge is -2.29. The largest absolute Gasteiger partial charge is 0.341 e. The second kappa shape index (κ2) is 9.02. The van der Waals surface area contributed by atoms with Crippen molar-refractivity contribution in [1.29, 1.82) is 0 Å². The smallest absolute Gasteiger partial charge is 0.232 e. The molecule has 148 valence electrons. The van der Waals surface area contributed by atoms with E-state index in [1.54, 1.807) is 12.1 Å². The summed E-state index contributed by atoms with van der Waals surface area (Å²) in [5.41, 5.74) is 2.28. The van der Waals surface area contributed by atoms with Crippen LogP contribution in [0.4, 0.5) is 10.3 Å². The molecule has 0 N–H and O–H groups in total. The van der Waals surface area contributed by atoms with E-state index in [-0.39, 0.29) is 23.7 Å². The Labute approximate surface area is 161 Å². The highest BCUT2D eigenvalue weighted by atomic mass is 19.1. The van der Waals surface area contributed by atoms with Crippen molar-refractivity contribution in [2.24, 2.45) is 5.92 Å². The van der Waals surface area contributed by atoms with Gasteiger partial charge in [0, 0.05) is 30.6 Å². The van der Waals surface area contributed by atoms with E-state index >= 15 is 0 Å². The number of nitrogens with zero attached hydrogens (tertiary/aromatic N) is 3. The number of hydrogen-bond donors (Lipinski definition) is 0. The van der Waals surface area contributed by atoms with Gasteiger partial charge in [-0.3, -0.25) is 4.79 Å². The van der Waals surface area contributed by atoms with Crippen molar-refractivity contribution in [2.75, 3.05) is 18.0 Å². The number of amides is 1. The molecule has 0 aliphatic heterocycles. The molecule has 0 saturated heterocycles. The molecule has 2 aromatic rings. The van der Waals surface area contributed by atoms with Gasteiger partial charge < -0.3 is 14.3 Å². The zero-order valence-corrected chi connectivity index (χ0v) is 17.1. The van der Waals surface area contributed by atoms with Crippen molar-refractivity contribution in [3.05, 3.63) is 35.6 Å². The van der Waals surface area contributed by atoms with E-state index in [4.69, 9.17) is 4.52 Å². The number of carbonyl (C=O) groups is 1. The minimum absolute atomic E-state index is 0.0421. The molecule has 0 saturated carbocycles. The summed E-state index contributed by atoms with van der Waals surface area (Å²) in [6.07, 6.45) is 0. The Hall–Kier alpha value is -2.37. The third-order valence-corrected chi connectivity index (χ3v) is 4.66. The monoisotopic (exact) mass is 375 g/mol. The molecule has 1 amide bonds. The second-order valence-electron chi connectivity index (χ2n) is 7.21. The number of rotatable bonds is 8. The van der Waals surface area contributed by atoms with E-state index in [0.29, 0.717) is 18.1 Å². The van der Waals surface area contributed by atoms with Gasteiger partial charge in [0.15, 0.2) is 0 Å². The van der Waals surface area contributed by atoms with Crippen molar-refractivity contribution in [1.82, 2.24) is 10.1 Å². The predicted octanol–water partition coefficient (Wildman–Crippen LogP) is 4.72. The average Bonchev–Trinajstić information content (AvgIpc) is 3.04. The first-order valence-corrected chi connectivity index (χ1v) is 9.59. The Kier molecular flexibility index (Phi) is 6.99. The van der Waals surface area contributed by atoms with E-state index < -0.39 is 0 Å². The van der Waals surface area contributed by atoms with Crippen LogP contribution in [-0.2, 0) is 11.3 Å². The van der Waals surface area contributed by atoms with Crippen molar-refractivity contribution < 1.29 is 13.7 Å². The van der Waals surface area contributed by atoms with Crippen LogP contribution in [0.15, 0.2) is 28.8 Å². The van der Waals surface area contributed by atoms with Gasteiger partial charge in [-0.1, -0.05) is 19.0 Å². The van der Waals surface area contributed by atoms with Crippen LogP contribution in [0.2, 0.25) is 0 Å². The SMILES string of the molecule is CCN(CC)c1onc(-c2ccc(F)cc2)c1CN(C(=O)C(C)C)C(C)C. The second-order valence-corrected chi connectivity index (χ2v) is 7.21. The minimum Gasteiger partial charge on any atom is -0.341 e. The summed E-state index contributed by atoms with van der Waals surface area (Å²) in [5.74, 6) is 0.355. The summed E-state index contributed by atoms with van der Waals surface area (Å²) in [6, 6.07) is 6.23. The van der Waals surface area contributed by atoms with Crippen LogP contribution in [0, 0.1) is 11.7 Å². The normalized spacial score (nSPS) is 11.3. The molecular formula is C21H30FN3O2. The molecule has 0 unspecified atom stereocenters. The summed E-state index contributed by atoms with van der Waals surface area (Å²) < 4.78 is 19.0. The summed E-state index contributed by atoms with van der Waals surface area (Å²) in [7, 11) is 0. The summed E-state index contributed by atoms with van der Waals surface area (Å²) >= 11 is 0. The van der Waals surface area contributed by atoms with E-state index in [1.165, 1.54) is 12.1 Å². The molecule has 0 fully saturated rings. The zero-order chi connectivity index (χ0) is 20.1. The highest BCUT2D eigenvalue weighted by Crippen LogP contribution is 2.33. The lowest BCUT2D eigenvalue weighted by molar-refractivity contribution is -0.136. The van der Waals surface area contributed by atoms with Gasteiger partial charge in [-0.15, -0.1) is 0 Å². The molecule has 1 aromatic heterocycles. The molecule has 0 radical (unpaired) electrons. The van der Waals surface area contributed by atoms with E-state index in [2.05, 4.69) is 10.1 Å². The van der Waals surface area contributed by atoms with Gasteiger partial charge in [-0.25, -0.2) is 4.39 Å². The van der Waals surface area contributed by atoms with Crippen molar-refractivity contribution in [3.63, 3.8) is 0 Å². The topological polar surface area (TPSA) is 49.6 Å². The molecule has 6 heteroatoms. The van der Waals surface area contributed by atoms with Crippen LogP contribution in [0.1, 0.15) is 47.1 Å². The molecule has 0 atom stereocenters. The Morgan fingerprint density at radius 1 is 1.11 bits per heavy atom. The van der Waals surface area contributed by atoms with Crippen LogP contribution in [0.25, 0.3) is 11.3 Å². The molecule has 1 aromatic carbocycles. The number of carbonyl (C=O) groups excluding carboxylic acids is 1. The van der Waals surface area contributed by atoms with Crippen molar-refractivity contribution >= 4 is 11.8 Å². The summed E-state index contributed by atoms with van der Waals surface area (Å²) in [6.45, 7) is 13.8. The Morgan fingerprint density at radius 3 is 2.19 bits per heavy atom. The van der Waals surface area contributed by atoms with E-state index in [0.717, 1.165) is 24.2 Å². The predicted molar refractivity (Wildman–Crippen MR) is 106 cm³/mol. The highest BCUT2D eigenvalue weighted by molar-refractivity contribution is 5.79. The lowest BCUT2D eigenvalue weighted by Crippen LogP contribution is -2.39. The lowest BCUT2D eigenvalue weighted by atomic mass is 10.0. The first-order valence-electron chi connectivity index (χ1n) is 9.59. The molecule has 0 spiro atoms. The zero-order valence-electron chi connectivity index (χ0n) is 17.1. The number of anilines is 1. The quantitative estimate of drug-likeness (QED) is 0.670. The highest BCUT2D eigenvalue weighted by Gasteiger charge is 2.27. The summed E-state index contributed by atoms with van der Waals surface area (Å²) in [4.78, 5) is 16.7. The number of benzene rings is 1. The molecule has 5 nitrogen and oxygen atoms in total. The van der Waals surface area contributed by atoms with Gasteiger partial charge in [-0.2, -0.15) is 0 Å². The molecule has 27 heavy (non-hydrogen) atoms. The molecule has 2 rings (SSSR count). The van der Waals surface area contributed by atoms with Gasteiger partial charge in [-0.05, 0) is 52.0 Å². The van der Waals surface area contributed by atoms with Gasteiger partial charge in [0.1, 0.15) is 11.5 Å². The standard InChI is InChI=1S/C21H30FN3O2/c1-7-24(8-2)21-18(13-25(15(5)6)20(26)14(3)4)19(23-27-21)16-9-11-17(22)12-10-16/h9-12,14-15H,7-8,13H2,1-6H3. The fraction of sp³-hybridized carbons (Fsp3) is 0.524. The van der Waals surface area contributed by atoms with Gasteiger partial charge in [0.05, 0.1) is 12.1 Å². The van der Waals surface area contributed by atoms with Crippen molar-refractivity contribution in [2.45, 2.75) is 54.1 Å². The fourth-order valence-electron chi connectivity index (χ4n) is 3.05. The van der Waals surface area contributed by atoms with Crippen LogP contribution < -0.4 is 4.90 Å². The Bertz CT molecular complexity index is 749. The minimum atomic E-state index is -0.299. The first-order chi connectivity index (χ1) is 12.8. The maximum absolute atomic E-state index is 13.4. The van der Waals surface area contributed by atoms with Gasteiger partial charge in [0.25, 0.3) is 0 Å². The van der Waals surface area contributed by atoms with Crippen LogP contribution in [-0.4, -0.2) is 35.1 Å². The van der Waals surface area contributed by atoms with E-state index in [9.17, 15) is 9.18 Å². The maximum Gasteiger partial charge on any atom is 0.232 e. The number of halogens is 1. The molecule has 0 aliphatic rings. The van der Waals surface area contributed by atoms with Crippen molar-refractivity contribution in [3.8, 4) is 11.3 Å².